The van der Waals surface area contributed by atoms with Crippen LogP contribution in [0.4, 0.5) is 16.0 Å². The quantitative estimate of drug-likeness (QED) is 0.586. The zero-order valence-electron chi connectivity index (χ0n) is 10.5. The SMILES string of the molecule is CCn1cc[n+](CC)c1N=Nc1ccc(F)cc1. The van der Waals surface area contributed by atoms with Crippen LogP contribution in [0.1, 0.15) is 13.8 Å². The molecule has 5 heteroatoms. The summed E-state index contributed by atoms with van der Waals surface area (Å²) in [6, 6.07) is 5.96. The zero-order chi connectivity index (χ0) is 13.0. The van der Waals surface area contributed by atoms with Gasteiger partial charge in [-0.25, -0.2) is 13.5 Å². The van der Waals surface area contributed by atoms with Crippen LogP contribution in [0.5, 0.6) is 0 Å². The Balaban J connectivity index is 2.27. The summed E-state index contributed by atoms with van der Waals surface area (Å²) in [5.41, 5.74) is 0.642. The van der Waals surface area contributed by atoms with E-state index in [4.69, 9.17) is 0 Å². The fraction of sp³-hybridized carbons (Fsp3) is 0.308. The van der Waals surface area contributed by atoms with Gasteiger partial charge in [0.1, 0.15) is 11.5 Å². The molecule has 0 atom stereocenters. The van der Waals surface area contributed by atoms with Crippen LogP contribution < -0.4 is 4.57 Å². The third-order valence-electron chi connectivity index (χ3n) is 2.70. The predicted molar refractivity (Wildman–Crippen MR) is 66.6 cm³/mol. The topological polar surface area (TPSA) is 33.5 Å². The Morgan fingerprint density at radius 1 is 1.17 bits per heavy atom. The van der Waals surface area contributed by atoms with E-state index in [2.05, 4.69) is 24.1 Å². The van der Waals surface area contributed by atoms with Crippen LogP contribution in [0.15, 0.2) is 46.9 Å². The van der Waals surface area contributed by atoms with E-state index in [0.29, 0.717) is 5.69 Å². The molecule has 0 amide bonds. The van der Waals surface area contributed by atoms with Gasteiger partial charge in [0.15, 0.2) is 0 Å². The second-order valence-corrected chi connectivity index (χ2v) is 3.85. The number of nitrogens with zero attached hydrogens (tertiary/aromatic N) is 4. The van der Waals surface area contributed by atoms with Crippen molar-refractivity contribution in [1.82, 2.24) is 4.57 Å². The lowest BCUT2D eigenvalue weighted by Crippen LogP contribution is -2.30. The third-order valence-corrected chi connectivity index (χ3v) is 2.70. The standard InChI is InChI=1S/C13H16FN4/c1-3-17-9-10-18(4-2)13(17)16-15-12-7-5-11(14)6-8-12/h5-10H,3-4H2,1-2H3/q+1. The molecule has 0 saturated carbocycles. The molecule has 94 valence electrons. The van der Waals surface area contributed by atoms with Crippen LogP contribution in [-0.2, 0) is 13.1 Å². The summed E-state index contributed by atoms with van der Waals surface area (Å²) in [4.78, 5) is 0. The monoisotopic (exact) mass is 247 g/mol. The Labute approximate surface area is 105 Å². The van der Waals surface area contributed by atoms with Gasteiger partial charge in [-0.3, -0.25) is 0 Å². The van der Waals surface area contributed by atoms with Crippen LogP contribution in [0.25, 0.3) is 0 Å². The number of imidazole rings is 1. The molecule has 4 nitrogen and oxygen atoms in total. The maximum atomic E-state index is 12.8. The molecule has 18 heavy (non-hydrogen) atoms. The molecule has 1 heterocycles. The highest BCUT2D eigenvalue weighted by molar-refractivity contribution is 5.35. The number of aromatic nitrogens is 2. The first-order chi connectivity index (χ1) is 8.74. The van der Waals surface area contributed by atoms with Crippen molar-refractivity contribution in [2.75, 3.05) is 0 Å². The Kier molecular flexibility index (Phi) is 3.82. The zero-order valence-corrected chi connectivity index (χ0v) is 10.5. The van der Waals surface area contributed by atoms with Crippen molar-refractivity contribution >= 4 is 11.6 Å². The van der Waals surface area contributed by atoms with Gasteiger partial charge in [-0.15, -0.1) is 0 Å². The molecule has 0 radical (unpaired) electrons. The Bertz CT molecular complexity index is 521. The van der Waals surface area contributed by atoms with E-state index in [0.717, 1.165) is 19.0 Å². The number of aryl methyl sites for hydroxylation is 2. The minimum absolute atomic E-state index is 0.269. The van der Waals surface area contributed by atoms with Crippen molar-refractivity contribution < 1.29 is 8.96 Å². The summed E-state index contributed by atoms with van der Waals surface area (Å²) in [5.74, 6) is 0.527. The summed E-state index contributed by atoms with van der Waals surface area (Å²) < 4.78 is 16.8. The van der Waals surface area contributed by atoms with Gasteiger partial charge in [-0.2, -0.15) is 0 Å². The van der Waals surface area contributed by atoms with E-state index in [9.17, 15) is 4.39 Å². The summed E-state index contributed by atoms with van der Waals surface area (Å²) in [6.07, 6.45) is 3.95. The minimum Gasteiger partial charge on any atom is -0.231 e. The maximum Gasteiger partial charge on any atom is 0.421 e. The van der Waals surface area contributed by atoms with Crippen molar-refractivity contribution in [3.8, 4) is 0 Å². The second-order valence-electron chi connectivity index (χ2n) is 3.85. The molecule has 0 aliphatic heterocycles. The molecule has 1 aromatic heterocycles. The molecule has 2 aromatic rings. The van der Waals surface area contributed by atoms with Gasteiger partial charge in [0.2, 0.25) is 0 Å². The van der Waals surface area contributed by atoms with Gasteiger partial charge in [0.25, 0.3) is 0 Å². The minimum atomic E-state index is -0.269. The molecule has 0 saturated heterocycles. The first kappa shape index (κ1) is 12.4. The van der Waals surface area contributed by atoms with Crippen LogP contribution >= 0.6 is 0 Å². The van der Waals surface area contributed by atoms with Gasteiger partial charge in [0, 0.05) is 5.11 Å². The van der Waals surface area contributed by atoms with Crippen LogP contribution in [0.2, 0.25) is 0 Å². The highest BCUT2D eigenvalue weighted by Gasteiger charge is 2.14. The van der Waals surface area contributed by atoms with E-state index in [1.165, 1.54) is 12.1 Å². The number of rotatable bonds is 4. The van der Waals surface area contributed by atoms with E-state index in [1.54, 1.807) is 12.1 Å². The fourth-order valence-corrected chi connectivity index (χ4v) is 1.68. The Hall–Kier alpha value is -2.04. The van der Waals surface area contributed by atoms with Crippen LogP contribution in [-0.4, -0.2) is 4.57 Å². The van der Waals surface area contributed by atoms with Crippen molar-refractivity contribution in [2.24, 2.45) is 10.2 Å². The average molecular weight is 247 g/mol. The number of benzene rings is 1. The third kappa shape index (κ3) is 2.61. The lowest BCUT2D eigenvalue weighted by molar-refractivity contribution is -0.680. The molecule has 2 rings (SSSR count). The lowest BCUT2D eigenvalue weighted by Gasteiger charge is -1.94. The highest BCUT2D eigenvalue weighted by Crippen LogP contribution is 2.16. The number of halogens is 1. The van der Waals surface area contributed by atoms with E-state index in [-0.39, 0.29) is 5.82 Å². The molecule has 1 aromatic carbocycles. The van der Waals surface area contributed by atoms with Crippen LogP contribution in [0.3, 0.4) is 0 Å². The number of hydrogen-bond donors (Lipinski definition) is 0. The maximum absolute atomic E-state index is 12.8. The molecule has 0 bridgehead atoms. The summed E-state index contributed by atoms with van der Waals surface area (Å²) in [5, 5.41) is 8.36. The molecule has 0 unspecified atom stereocenters. The average Bonchev–Trinajstić information content (AvgIpc) is 2.80. The molecule has 0 N–H and O–H groups in total. The van der Waals surface area contributed by atoms with E-state index in [1.807, 2.05) is 21.5 Å². The summed E-state index contributed by atoms with van der Waals surface area (Å²) in [6.45, 7) is 5.78. The fourth-order valence-electron chi connectivity index (χ4n) is 1.68. The lowest BCUT2D eigenvalue weighted by atomic mass is 10.3. The number of hydrogen-bond acceptors (Lipinski definition) is 2. The molecule has 0 fully saturated rings. The Morgan fingerprint density at radius 3 is 2.50 bits per heavy atom. The predicted octanol–water partition coefficient (Wildman–Crippen LogP) is 3.37. The summed E-state index contributed by atoms with van der Waals surface area (Å²) in [7, 11) is 0. The second kappa shape index (κ2) is 5.53. The van der Waals surface area contributed by atoms with Crippen LogP contribution in [0, 0.1) is 5.82 Å². The Morgan fingerprint density at radius 2 is 1.89 bits per heavy atom. The van der Waals surface area contributed by atoms with Gasteiger partial charge >= 0.3 is 5.95 Å². The van der Waals surface area contributed by atoms with Gasteiger partial charge < -0.3 is 0 Å². The molecular weight excluding hydrogens is 231 g/mol. The van der Waals surface area contributed by atoms with Crippen molar-refractivity contribution in [1.29, 1.82) is 0 Å². The van der Waals surface area contributed by atoms with Crippen molar-refractivity contribution in [3.63, 3.8) is 0 Å². The normalized spacial score (nSPS) is 11.3. The van der Waals surface area contributed by atoms with Crippen molar-refractivity contribution in [3.05, 3.63) is 42.5 Å². The van der Waals surface area contributed by atoms with Crippen molar-refractivity contribution in [2.45, 2.75) is 26.9 Å². The highest BCUT2D eigenvalue weighted by atomic mass is 19.1. The molecule has 0 aliphatic carbocycles. The first-order valence-electron chi connectivity index (χ1n) is 6.00. The van der Waals surface area contributed by atoms with E-state index >= 15 is 0 Å². The molecule has 0 aliphatic rings. The first-order valence-corrected chi connectivity index (χ1v) is 6.00. The molecule has 0 spiro atoms. The smallest absolute Gasteiger partial charge is 0.231 e. The molecular formula is C13H16FN4+. The van der Waals surface area contributed by atoms with Gasteiger partial charge in [-0.05, 0) is 38.1 Å². The van der Waals surface area contributed by atoms with E-state index < -0.39 is 0 Å². The van der Waals surface area contributed by atoms with Gasteiger partial charge in [0.05, 0.1) is 25.5 Å². The number of azo groups is 1. The largest absolute Gasteiger partial charge is 0.421 e. The summed E-state index contributed by atoms with van der Waals surface area (Å²) >= 11 is 0. The van der Waals surface area contributed by atoms with Gasteiger partial charge in [-0.1, -0.05) is 5.11 Å².